The van der Waals surface area contributed by atoms with Crippen LogP contribution in [-0.4, -0.2) is 41.8 Å². The molecule has 0 bridgehead atoms. The number of carbonyl (C=O) groups excluding carboxylic acids is 1. The first kappa shape index (κ1) is 12.4. The molecule has 1 saturated carbocycles. The summed E-state index contributed by atoms with van der Waals surface area (Å²) >= 11 is 1.94. The summed E-state index contributed by atoms with van der Waals surface area (Å²) in [6.07, 6.45) is 7.49. The number of Topliss-reactive ketones (excluding diaryl/α,β-unsaturated/α-hetero) is 1. The molecular weight excluding hydrogens is 218 g/mol. The lowest BCUT2D eigenvalue weighted by atomic mass is 9.91. The molecule has 1 saturated heterocycles. The molecular formula is C13H23NOS. The van der Waals surface area contributed by atoms with Gasteiger partial charge in [0.2, 0.25) is 0 Å². The van der Waals surface area contributed by atoms with Gasteiger partial charge in [0.25, 0.3) is 0 Å². The zero-order valence-electron chi connectivity index (χ0n) is 10.3. The van der Waals surface area contributed by atoms with Gasteiger partial charge in [0, 0.05) is 24.0 Å². The molecule has 0 aromatic carbocycles. The zero-order valence-corrected chi connectivity index (χ0v) is 11.1. The molecule has 1 unspecified atom stereocenters. The fraction of sp³-hybridized carbons (Fsp3) is 0.923. The number of hydrogen-bond donors (Lipinski definition) is 0. The Balaban J connectivity index is 1.93. The second-order valence-electron chi connectivity index (χ2n) is 5.16. The number of likely N-dealkylation sites (N-methyl/N-ethyl adjacent to an activating group) is 1. The molecule has 1 heterocycles. The van der Waals surface area contributed by atoms with Gasteiger partial charge in [-0.1, -0.05) is 25.7 Å². The Bertz CT molecular complexity index is 236. The van der Waals surface area contributed by atoms with Crippen LogP contribution in [0.15, 0.2) is 0 Å². The lowest BCUT2D eigenvalue weighted by Crippen LogP contribution is -2.47. The largest absolute Gasteiger partial charge is 0.298 e. The molecule has 1 aliphatic heterocycles. The van der Waals surface area contributed by atoms with Gasteiger partial charge in [0.15, 0.2) is 5.78 Å². The predicted octanol–water partition coefficient (Wildman–Crippen LogP) is 2.57. The van der Waals surface area contributed by atoms with E-state index in [0.717, 1.165) is 25.1 Å². The van der Waals surface area contributed by atoms with Crippen LogP contribution < -0.4 is 0 Å². The minimum absolute atomic E-state index is 0.210. The molecule has 2 fully saturated rings. The smallest absolute Gasteiger partial charge is 0.153 e. The molecule has 0 radical (unpaired) electrons. The number of nitrogens with zero attached hydrogens (tertiary/aromatic N) is 1. The highest BCUT2D eigenvalue weighted by Gasteiger charge is 2.31. The maximum absolute atomic E-state index is 12.5. The monoisotopic (exact) mass is 241 g/mol. The van der Waals surface area contributed by atoms with Crippen molar-refractivity contribution in [1.29, 1.82) is 0 Å². The third-order valence-corrected chi connectivity index (χ3v) is 5.00. The van der Waals surface area contributed by atoms with Crippen molar-refractivity contribution in [3.8, 4) is 0 Å². The molecule has 0 aromatic rings. The standard InChI is InChI=1S/C13H23NOS/c1-14-8-9-16-10-12(14)13(15)11-6-4-2-3-5-7-11/h11-12H,2-10H2,1H3. The Hall–Kier alpha value is -0.0200. The van der Waals surface area contributed by atoms with Crippen molar-refractivity contribution in [2.24, 2.45) is 5.92 Å². The molecule has 0 aromatic heterocycles. The van der Waals surface area contributed by atoms with Crippen LogP contribution in [0, 0.1) is 5.92 Å². The maximum atomic E-state index is 12.5. The average molecular weight is 241 g/mol. The predicted molar refractivity (Wildman–Crippen MR) is 69.9 cm³/mol. The van der Waals surface area contributed by atoms with Gasteiger partial charge in [0.05, 0.1) is 6.04 Å². The summed E-state index contributed by atoms with van der Waals surface area (Å²) in [5.41, 5.74) is 0. The lowest BCUT2D eigenvalue weighted by Gasteiger charge is -2.33. The van der Waals surface area contributed by atoms with E-state index in [4.69, 9.17) is 0 Å². The number of rotatable bonds is 2. The first-order valence-electron chi connectivity index (χ1n) is 6.61. The molecule has 3 heteroatoms. The minimum Gasteiger partial charge on any atom is -0.298 e. The van der Waals surface area contributed by atoms with Gasteiger partial charge in [-0.2, -0.15) is 11.8 Å². The first-order chi connectivity index (χ1) is 7.79. The molecule has 92 valence electrons. The second-order valence-corrected chi connectivity index (χ2v) is 6.31. The topological polar surface area (TPSA) is 20.3 Å². The summed E-state index contributed by atoms with van der Waals surface area (Å²) in [5, 5.41) is 0. The van der Waals surface area contributed by atoms with Crippen LogP contribution in [0.25, 0.3) is 0 Å². The van der Waals surface area contributed by atoms with Gasteiger partial charge in [-0.3, -0.25) is 9.69 Å². The summed E-state index contributed by atoms with van der Waals surface area (Å²) in [5.74, 6) is 3.11. The van der Waals surface area contributed by atoms with Gasteiger partial charge in [-0.05, 0) is 19.9 Å². The number of ketones is 1. The number of hydrogen-bond acceptors (Lipinski definition) is 3. The van der Waals surface area contributed by atoms with E-state index in [1.165, 1.54) is 31.4 Å². The highest BCUT2D eigenvalue weighted by atomic mass is 32.2. The third-order valence-electron chi connectivity index (χ3n) is 3.98. The molecule has 1 aliphatic carbocycles. The first-order valence-corrected chi connectivity index (χ1v) is 7.76. The van der Waals surface area contributed by atoms with Crippen molar-refractivity contribution in [2.75, 3.05) is 25.1 Å². The van der Waals surface area contributed by atoms with Crippen molar-refractivity contribution in [1.82, 2.24) is 4.90 Å². The highest BCUT2D eigenvalue weighted by molar-refractivity contribution is 7.99. The Morgan fingerprint density at radius 1 is 1.19 bits per heavy atom. The van der Waals surface area contributed by atoms with E-state index in [1.54, 1.807) is 0 Å². The Morgan fingerprint density at radius 2 is 1.88 bits per heavy atom. The molecule has 1 atom stereocenters. The van der Waals surface area contributed by atoms with Gasteiger partial charge in [0.1, 0.15) is 0 Å². The Labute approximate surface area is 103 Å². The van der Waals surface area contributed by atoms with Gasteiger partial charge in [-0.25, -0.2) is 0 Å². The minimum atomic E-state index is 0.210. The normalized spacial score (nSPS) is 29.9. The fourth-order valence-electron chi connectivity index (χ4n) is 2.82. The van der Waals surface area contributed by atoms with Crippen LogP contribution >= 0.6 is 11.8 Å². The maximum Gasteiger partial charge on any atom is 0.153 e. The summed E-state index contributed by atoms with van der Waals surface area (Å²) in [7, 11) is 2.11. The van der Waals surface area contributed by atoms with E-state index in [-0.39, 0.29) is 6.04 Å². The Kier molecular flexibility index (Phi) is 4.71. The molecule has 0 spiro atoms. The van der Waals surface area contributed by atoms with E-state index in [0.29, 0.717) is 11.7 Å². The third kappa shape index (κ3) is 3.01. The zero-order chi connectivity index (χ0) is 11.4. The van der Waals surface area contributed by atoms with E-state index >= 15 is 0 Å². The molecule has 0 amide bonds. The molecule has 2 rings (SSSR count). The Morgan fingerprint density at radius 3 is 2.50 bits per heavy atom. The average Bonchev–Trinajstić information content (AvgIpc) is 2.57. The van der Waals surface area contributed by atoms with Crippen molar-refractivity contribution < 1.29 is 4.79 Å². The summed E-state index contributed by atoms with van der Waals surface area (Å²) in [6, 6.07) is 0.210. The van der Waals surface area contributed by atoms with Crippen LogP contribution in [0.3, 0.4) is 0 Å². The number of thioether (sulfide) groups is 1. The second kappa shape index (κ2) is 6.06. The van der Waals surface area contributed by atoms with Crippen molar-refractivity contribution >= 4 is 17.5 Å². The van der Waals surface area contributed by atoms with Crippen molar-refractivity contribution in [3.63, 3.8) is 0 Å². The van der Waals surface area contributed by atoms with Crippen LogP contribution in [0.5, 0.6) is 0 Å². The van der Waals surface area contributed by atoms with Gasteiger partial charge in [-0.15, -0.1) is 0 Å². The van der Waals surface area contributed by atoms with E-state index in [2.05, 4.69) is 11.9 Å². The van der Waals surface area contributed by atoms with E-state index < -0.39 is 0 Å². The lowest BCUT2D eigenvalue weighted by molar-refractivity contribution is -0.127. The summed E-state index contributed by atoms with van der Waals surface area (Å²) < 4.78 is 0. The highest BCUT2D eigenvalue weighted by Crippen LogP contribution is 2.27. The molecule has 16 heavy (non-hydrogen) atoms. The quantitative estimate of drug-likeness (QED) is 0.693. The van der Waals surface area contributed by atoms with Crippen molar-refractivity contribution in [2.45, 2.75) is 44.6 Å². The summed E-state index contributed by atoms with van der Waals surface area (Å²) in [4.78, 5) is 14.7. The van der Waals surface area contributed by atoms with E-state index in [1.807, 2.05) is 11.8 Å². The van der Waals surface area contributed by atoms with Crippen LogP contribution in [0.1, 0.15) is 38.5 Å². The van der Waals surface area contributed by atoms with Crippen LogP contribution in [0.2, 0.25) is 0 Å². The van der Waals surface area contributed by atoms with Crippen LogP contribution in [0.4, 0.5) is 0 Å². The summed E-state index contributed by atoms with van der Waals surface area (Å²) in [6.45, 7) is 1.08. The SMILES string of the molecule is CN1CCSCC1C(=O)C1CCCCCC1. The molecule has 2 nitrogen and oxygen atoms in total. The van der Waals surface area contributed by atoms with Gasteiger partial charge < -0.3 is 0 Å². The fourth-order valence-corrected chi connectivity index (χ4v) is 4.05. The number of carbonyl (C=O) groups is 1. The van der Waals surface area contributed by atoms with Gasteiger partial charge >= 0.3 is 0 Å². The van der Waals surface area contributed by atoms with E-state index in [9.17, 15) is 4.79 Å². The van der Waals surface area contributed by atoms with Crippen LogP contribution in [-0.2, 0) is 4.79 Å². The molecule has 0 N–H and O–H groups in total. The van der Waals surface area contributed by atoms with Crippen molar-refractivity contribution in [3.05, 3.63) is 0 Å². The molecule has 2 aliphatic rings.